The fourth-order valence-corrected chi connectivity index (χ4v) is 1.91. The quantitative estimate of drug-likeness (QED) is 0.462. The van der Waals surface area contributed by atoms with E-state index < -0.39 is 5.97 Å². The minimum absolute atomic E-state index is 0.0410. The molecule has 0 bridgehead atoms. The third-order valence-electron chi connectivity index (χ3n) is 2.62. The standard InChI is InChI=1S/C14H11Cl2N3O4/c1-21-7-9(13(20)22-2)8-5-3-4-6-10(8)23-12-11(15)18-19-14(16)17-12/h3-7H,1-2H3/b9-7-. The number of nitrogens with zero attached hydrogens (tertiary/aromatic N) is 3. The zero-order chi connectivity index (χ0) is 16.8. The van der Waals surface area contributed by atoms with E-state index in [9.17, 15) is 4.79 Å². The van der Waals surface area contributed by atoms with Crippen molar-refractivity contribution in [1.82, 2.24) is 15.2 Å². The maximum Gasteiger partial charge on any atom is 0.341 e. The molecule has 0 saturated carbocycles. The second-order valence-corrected chi connectivity index (χ2v) is 4.73. The molecule has 2 aromatic rings. The Bertz CT molecular complexity index is 753. The number of hydrogen-bond acceptors (Lipinski definition) is 7. The lowest BCUT2D eigenvalue weighted by Crippen LogP contribution is -2.06. The van der Waals surface area contributed by atoms with Gasteiger partial charge in [-0.15, -0.1) is 10.2 Å². The summed E-state index contributed by atoms with van der Waals surface area (Å²) in [6.07, 6.45) is 1.25. The summed E-state index contributed by atoms with van der Waals surface area (Å²) in [5.41, 5.74) is 0.585. The summed E-state index contributed by atoms with van der Waals surface area (Å²) in [5.74, 6) is -0.340. The van der Waals surface area contributed by atoms with Gasteiger partial charge in [0.25, 0.3) is 5.88 Å². The Hall–Kier alpha value is -2.38. The van der Waals surface area contributed by atoms with Crippen molar-refractivity contribution in [2.24, 2.45) is 0 Å². The van der Waals surface area contributed by atoms with E-state index >= 15 is 0 Å². The Balaban J connectivity index is 2.46. The number of ether oxygens (including phenoxy) is 3. The van der Waals surface area contributed by atoms with Gasteiger partial charge in [-0.05, 0) is 17.7 Å². The molecule has 1 heterocycles. The molecule has 1 aromatic heterocycles. The van der Waals surface area contributed by atoms with Crippen molar-refractivity contribution in [3.05, 3.63) is 46.5 Å². The average Bonchev–Trinajstić information content (AvgIpc) is 2.56. The Morgan fingerprint density at radius 1 is 1.17 bits per heavy atom. The van der Waals surface area contributed by atoms with E-state index in [1.165, 1.54) is 20.5 Å². The number of aromatic nitrogens is 3. The summed E-state index contributed by atoms with van der Waals surface area (Å²) in [6.45, 7) is 0. The molecule has 23 heavy (non-hydrogen) atoms. The van der Waals surface area contributed by atoms with Crippen molar-refractivity contribution >= 4 is 34.7 Å². The van der Waals surface area contributed by atoms with Crippen molar-refractivity contribution in [1.29, 1.82) is 0 Å². The fourth-order valence-electron chi connectivity index (χ4n) is 1.68. The van der Waals surface area contributed by atoms with Crippen molar-refractivity contribution in [2.45, 2.75) is 0 Å². The lowest BCUT2D eigenvalue weighted by molar-refractivity contribution is -0.133. The summed E-state index contributed by atoms with van der Waals surface area (Å²) in [4.78, 5) is 15.8. The van der Waals surface area contributed by atoms with Gasteiger partial charge in [-0.25, -0.2) is 4.79 Å². The number of para-hydroxylation sites is 1. The molecule has 0 aliphatic carbocycles. The minimum atomic E-state index is -0.590. The number of rotatable bonds is 5. The second kappa shape index (κ2) is 7.75. The number of esters is 1. The molecular weight excluding hydrogens is 345 g/mol. The molecule has 0 unspecified atom stereocenters. The van der Waals surface area contributed by atoms with Crippen LogP contribution in [-0.4, -0.2) is 35.4 Å². The van der Waals surface area contributed by atoms with Gasteiger partial charge in [0.2, 0.25) is 10.4 Å². The van der Waals surface area contributed by atoms with E-state index in [2.05, 4.69) is 15.2 Å². The van der Waals surface area contributed by atoms with E-state index in [1.54, 1.807) is 24.3 Å². The Morgan fingerprint density at radius 3 is 2.61 bits per heavy atom. The molecule has 0 N–H and O–H groups in total. The lowest BCUT2D eigenvalue weighted by Gasteiger charge is -2.12. The average molecular weight is 356 g/mol. The van der Waals surface area contributed by atoms with Gasteiger partial charge >= 0.3 is 5.97 Å². The Labute approximate surface area is 141 Å². The van der Waals surface area contributed by atoms with Gasteiger partial charge in [-0.2, -0.15) is 4.98 Å². The summed E-state index contributed by atoms with van der Waals surface area (Å²) in [5, 5.41) is 6.91. The van der Waals surface area contributed by atoms with Gasteiger partial charge in [0.15, 0.2) is 0 Å². The van der Waals surface area contributed by atoms with E-state index in [1.807, 2.05) is 0 Å². The van der Waals surface area contributed by atoms with E-state index in [0.29, 0.717) is 11.3 Å². The van der Waals surface area contributed by atoms with Crippen LogP contribution in [0, 0.1) is 0 Å². The SMILES string of the molecule is CO/C=C(\C(=O)OC)c1ccccc1Oc1nc(Cl)nnc1Cl. The number of halogens is 2. The molecule has 120 valence electrons. The summed E-state index contributed by atoms with van der Waals surface area (Å²) < 4.78 is 15.3. The molecule has 0 aliphatic rings. The highest BCUT2D eigenvalue weighted by Crippen LogP contribution is 2.32. The molecule has 9 heteroatoms. The van der Waals surface area contributed by atoms with E-state index in [-0.39, 0.29) is 21.9 Å². The van der Waals surface area contributed by atoms with Crippen molar-refractivity contribution < 1.29 is 19.0 Å². The molecule has 0 fully saturated rings. The highest BCUT2D eigenvalue weighted by Gasteiger charge is 2.19. The van der Waals surface area contributed by atoms with Crippen LogP contribution in [-0.2, 0) is 14.3 Å². The van der Waals surface area contributed by atoms with Crippen LogP contribution in [0.25, 0.3) is 5.57 Å². The predicted octanol–water partition coefficient (Wildman–Crippen LogP) is 3.13. The van der Waals surface area contributed by atoms with Crippen LogP contribution in [0.4, 0.5) is 0 Å². The highest BCUT2D eigenvalue weighted by atomic mass is 35.5. The molecule has 0 saturated heterocycles. The van der Waals surface area contributed by atoms with Crippen LogP contribution in [0.15, 0.2) is 30.5 Å². The lowest BCUT2D eigenvalue weighted by atomic mass is 10.1. The molecule has 0 aliphatic heterocycles. The summed E-state index contributed by atoms with van der Waals surface area (Å²) >= 11 is 11.6. The molecule has 0 amide bonds. The number of benzene rings is 1. The number of carbonyl (C=O) groups excluding carboxylic acids is 1. The number of carbonyl (C=O) groups is 1. The molecule has 1 aromatic carbocycles. The summed E-state index contributed by atoms with van der Waals surface area (Å²) in [6, 6.07) is 6.71. The van der Waals surface area contributed by atoms with Crippen molar-refractivity contribution in [3.8, 4) is 11.6 Å². The highest BCUT2D eigenvalue weighted by molar-refractivity contribution is 6.31. The van der Waals surface area contributed by atoms with E-state index in [4.69, 9.17) is 37.4 Å². The van der Waals surface area contributed by atoms with Crippen LogP contribution in [0.1, 0.15) is 5.56 Å². The summed E-state index contributed by atoms with van der Waals surface area (Å²) in [7, 11) is 2.68. The van der Waals surface area contributed by atoms with Gasteiger partial charge < -0.3 is 14.2 Å². The Kier molecular flexibility index (Phi) is 5.72. The smallest absolute Gasteiger partial charge is 0.341 e. The molecule has 2 rings (SSSR count). The van der Waals surface area contributed by atoms with Crippen LogP contribution in [0.2, 0.25) is 10.4 Å². The number of hydrogen-bond donors (Lipinski definition) is 0. The van der Waals surface area contributed by atoms with Crippen molar-refractivity contribution in [3.63, 3.8) is 0 Å². The monoisotopic (exact) mass is 355 g/mol. The first kappa shape index (κ1) is 17.0. The normalized spacial score (nSPS) is 11.0. The third kappa shape index (κ3) is 4.08. The second-order valence-electron chi connectivity index (χ2n) is 4.03. The molecular formula is C14H11Cl2N3O4. The topological polar surface area (TPSA) is 83.4 Å². The van der Waals surface area contributed by atoms with Gasteiger partial charge in [0.1, 0.15) is 11.3 Å². The maximum atomic E-state index is 11.9. The van der Waals surface area contributed by atoms with E-state index in [0.717, 1.165) is 0 Å². The van der Waals surface area contributed by atoms with Crippen LogP contribution < -0.4 is 4.74 Å². The maximum absolute atomic E-state index is 11.9. The van der Waals surface area contributed by atoms with Crippen molar-refractivity contribution in [2.75, 3.05) is 14.2 Å². The largest absolute Gasteiger partial charge is 0.503 e. The first-order valence-corrected chi connectivity index (χ1v) is 6.96. The number of methoxy groups -OCH3 is 2. The third-order valence-corrected chi connectivity index (χ3v) is 3.01. The van der Waals surface area contributed by atoms with Crippen LogP contribution in [0.3, 0.4) is 0 Å². The predicted molar refractivity (Wildman–Crippen MR) is 83.4 cm³/mol. The molecule has 0 atom stereocenters. The van der Waals surface area contributed by atoms with Crippen LogP contribution >= 0.6 is 23.2 Å². The van der Waals surface area contributed by atoms with Gasteiger partial charge in [0, 0.05) is 5.56 Å². The zero-order valence-electron chi connectivity index (χ0n) is 12.1. The molecule has 7 nitrogen and oxygen atoms in total. The van der Waals surface area contributed by atoms with Crippen LogP contribution in [0.5, 0.6) is 11.6 Å². The molecule has 0 radical (unpaired) electrons. The van der Waals surface area contributed by atoms with Gasteiger partial charge in [-0.1, -0.05) is 29.8 Å². The Morgan fingerprint density at radius 2 is 1.91 bits per heavy atom. The fraction of sp³-hybridized carbons (Fsp3) is 0.143. The molecule has 0 spiro atoms. The van der Waals surface area contributed by atoms with Gasteiger partial charge in [0.05, 0.1) is 20.5 Å². The van der Waals surface area contributed by atoms with Gasteiger partial charge in [-0.3, -0.25) is 0 Å². The minimum Gasteiger partial charge on any atom is -0.503 e. The first-order valence-electron chi connectivity index (χ1n) is 6.21. The zero-order valence-corrected chi connectivity index (χ0v) is 13.6. The first-order chi connectivity index (χ1) is 11.1.